The molecule has 3 aromatic rings. The van der Waals surface area contributed by atoms with Crippen LogP contribution in [0.1, 0.15) is 16.7 Å². The summed E-state index contributed by atoms with van der Waals surface area (Å²) in [6.07, 6.45) is 3.56. The van der Waals surface area contributed by atoms with Crippen molar-refractivity contribution in [1.82, 2.24) is 10.6 Å². The Bertz CT molecular complexity index is 989. The molecular weight excluding hydrogens is 388 g/mol. The maximum absolute atomic E-state index is 13.0. The van der Waals surface area contributed by atoms with Gasteiger partial charge in [0.05, 0.1) is 6.04 Å². The maximum Gasteiger partial charge on any atom is 0.405 e. The standard InChI is InChI=1S/C26H26N2O3/c29-25(24(28-26(30)31)19-22-14-8-3-9-15-22)27-23(18-21-12-6-2-7-13-21)17-16-20-10-4-1-5-11-20/h1-17,23-24,28H,18-19H2,(H,27,29)(H,30,31)/b17-16+. The van der Waals surface area contributed by atoms with Crippen LogP contribution in [0.4, 0.5) is 4.79 Å². The zero-order valence-electron chi connectivity index (χ0n) is 17.1. The third-order valence-electron chi connectivity index (χ3n) is 4.84. The van der Waals surface area contributed by atoms with E-state index in [2.05, 4.69) is 10.6 Å². The van der Waals surface area contributed by atoms with Crippen LogP contribution >= 0.6 is 0 Å². The van der Waals surface area contributed by atoms with Gasteiger partial charge in [0.2, 0.25) is 5.91 Å². The molecule has 0 aromatic heterocycles. The molecule has 2 atom stereocenters. The summed E-state index contributed by atoms with van der Waals surface area (Å²) < 4.78 is 0. The van der Waals surface area contributed by atoms with E-state index in [-0.39, 0.29) is 18.4 Å². The molecule has 31 heavy (non-hydrogen) atoms. The van der Waals surface area contributed by atoms with E-state index in [9.17, 15) is 14.7 Å². The summed E-state index contributed by atoms with van der Waals surface area (Å²) >= 11 is 0. The lowest BCUT2D eigenvalue weighted by molar-refractivity contribution is -0.123. The lowest BCUT2D eigenvalue weighted by Crippen LogP contribution is -2.50. The summed E-state index contributed by atoms with van der Waals surface area (Å²) in [6, 6.07) is 27.9. The molecule has 0 aliphatic carbocycles. The molecule has 5 nitrogen and oxygen atoms in total. The Morgan fingerprint density at radius 3 is 1.81 bits per heavy atom. The molecule has 2 unspecified atom stereocenters. The Morgan fingerprint density at radius 2 is 1.26 bits per heavy atom. The Kier molecular flexibility index (Phi) is 8.00. The number of nitrogens with one attached hydrogen (secondary N) is 2. The first-order valence-electron chi connectivity index (χ1n) is 10.2. The second kappa shape index (κ2) is 11.4. The summed E-state index contributed by atoms with van der Waals surface area (Å²) in [5.41, 5.74) is 2.99. The molecule has 0 spiro atoms. The minimum Gasteiger partial charge on any atom is -0.465 e. The summed E-state index contributed by atoms with van der Waals surface area (Å²) in [6.45, 7) is 0. The van der Waals surface area contributed by atoms with E-state index in [1.165, 1.54) is 0 Å². The van der Waals surface area contributed by atoms with Crippen molar-refractivity contribution in [2.75, 3.05) is 0 Å². The molecule has 3 N–H and O–H groups in total. The van der Waals surface area contributed by atoms with Crippen molar-refractivity contribution in [1.29, 1.82) is 0 Å². The second-order valence-corrected chi connectivity index (χ2v) is 7.27. The predicted molar refractivity (Wildman–Crippen MR) is 123 cm³/mol. The SMILES string of the molecule is O=C(O)NC(Cc1ccccc1)C(=O)NC(/C=C/c1ccccc1)Cc1ccccc1. The van der Waals surface area contributed by atoms with Crippen LogP contribution in [-0.2, 0) is 17.6 Å². The molecule has 0 radical (unpaired) electrons. The van der Waals surface area contributed by atoms with Crippen LogP contribution in [-0.4, -0.2) is 29.2 Å². The van der Waals surface area contributed by atoms with Gasteiger partial charge in [-0.25, -0.2) is 4.79 Å². The van der Waals surface area contributed by atoms with Crippen molar-refractivity contribution < 1.29 is 14.7 Å². The minimum atomic E-state index is -1.23. The first kappa shape index (κ1) is 21.8. The van der Waals surface area contributed by atoms with E-state index in [1.807, 2.05) is 103 Å². The Balaban J connectivity index is 1.76. The van der Waals surface area contributed by atoms with Gasteiger partial charge < -0.3 is 15.7 Å². The molecule has 0 heterocycles. The number of carboxylic acid groups (broad SMARTS) is 1. The topological polar surface area (TPSA) is 78.4 Å². The molecule has 2 amide bonds. The highest BCUT2D eigenvalue weighted by Gasteiger charge is 2.23. The van der Waals surface area contributed by atoms with Gasteiger partial charge in [-0.15, -0.1) is 0 Å². The zero-order valence-corrected chi connectivity index (χ0v) is 17.1. The Labute approximate surface area is 182 Å². The fourth-order valence-electron chi connectivity index (χ4n) is 3.32. The van der Waals surface area contributed by atoms with E-state index < -0.39 is 12.1 Å². The smallest absolute Gasteiger partial charge is 0.405 e. The molecule has 5 heteroatoms. The van der Waals surface area contributed by atoms with Crippen molar-refractivity contribution in [2.45, 2.75) is 24.9 Å². The highest BCUT2D eigenvalue weighted by atomic mass is 16.4. The van der Waals surface area contributed by atoms with Crippen LogP contribution in [0, 0.1) is 0 Å². The van der Waals surface area contributed by atoms with Gasteiger partial charge in [0, 0.05) is 6.42 Å². The van der Waals surface area contributed by atoms with Crippen LogP contribution in [0.3, 0.4) is 0 Å². The van der Waals surface area contributed by atoms with Crippen molar-refractivity contribution in [3.05, 3.63) is 114 Å². The Hall–Kier alpha value is -3.86. The third-order valence-corrected chi connectivity index (χ3v) is 4.84. The number of carbonyl (C=O) groups excluding carboxylic acids is 1. The fourth-order valence-corrected chi connectivity index (χ4v) is 3.32. The highest BCUT2D eigenvalue weighted by molar-refractivity contribution is 5.86. The number of hydrogen-bond acceptors (Lipinski definition) is 2. The molecule has 3 rings (SSSR count). The predicted octanol–water partition coefficient (Wildman–Crippen LogP) is 4.31. The third kappa shape index (κ3) is 7.48. The van der Waals surface area contributed by atoms with E-state index in [4.69, 9.17) is 0 Å². The second-order valence-electron chi connectivity index (χ2n) is 7.27. The van der Waals surface area contributed by atoms with Gasteiger partial charge in [0.15, 0.2) is 0 Å². The Morgan fingerprint density at radius 1 is 0.742 bits per heavy atom. The van der Waals surface area contributed by atoms with Crippen LogP contribution in [0.25, 0.3) is 6.08 Å². The monoisotopic (exact) mass is 414 g/mol. The van der Waals surface area contributed by atoms with Gasteiger partial charge in [-0.3, -0.25) is 4.79 Å². The summed E-state index contributed by atoms with van der Waals surface area (Å²) in [5.74, 6) is -0.357. The van der Waals surface area contributed by atoms with Gasteiger partial charge >= 0.3 is 6.09 Å². The lowest BCUT2D eigenvalue weighted by atomic mass is 10.0. The van der Waals surface area contributed by atoms with Gasteiger partial charge in [0.25, 0.3) is 0 Å². The van der Waals surface area contributed by atoms with E-state index >= 15 is 0 Å². The van der Waals surface area contributed by atoms with Crippen molar-refractivity contribution in [3.63, 3.8) is 0 Å². The minimum absolute atomic E-state index is 0.277. The largest absolute Gasteiger partial charge is 0.465 e. The molecule has 158 valence electrons. The maximum atomic E-state index is 13.0. The van der Waals surface area contributed by atoms with Crippen LogP contribution in [0.2, 0.25) is 0 Å². The highest BCUT2D eigenvalue weighted by Crippen LogP contribution is 2.09. The summed E-state index contributed by atoms with van der Waals surface area (Å²) in [7, 11) is 0. The van der Waals surface area contributed by atoms with Gasteiger partial charge in [-0.1, -0.05) is 103 Å². The summed E-state index contributed by atoms with van der Waals surface area (Å²) in [4.78, 5) is 24.3. The van der Waals surface area contributed by atoms with Gasteiger partial charge in [-0.05, 0) is 23.1 Å². The van der Waals surface area contributed by atoms with Crippen LogP contribution in [0.5, 0.6) is 0 Å². The molecule has 3 aromatic carbocycles. The van der Waals surface area contributed by atoms with E-state index in [0.717, 1.165) is 16.7 Å². The van der Waals surface area contributed by atoms with Gasteiger partial charge in [0.1, 0.15) is 6.04 Å². The molecule has 0 saturated heterocycles. The molecule has 0 fully saturated rings. The number of benzene rings is 3. The van der Waals surface area contributed by atoms with Crippen molar-refractivity contribution >= 4 is 18.1 Å². The molecule has 0 saturated carbocycles. The van der Waals surface area contributed by atoms with Gasteiger partial charge in [-0.2, -0.15) is 0 Å². The average molecular weight is 415 g/mol. The molecule has 0 aliphatic heterocycles. The molecule has 0 aliphatic rings. The summed E-state index contributed by atoms with van der Waals surface area (Å²) in [5, 5.41) is 14.6. The van der Waals surface area contributed by atoms with Crippen molar-refractivity contribution in [3.8, 4) is 0 Å². The molecular formula is C26H26N2O3. The van der Waals surface area contributed by atoms with Crippen molar-refractivity contribution in [2.24, 2.45) is 0 Å². The van der Waals surface area contributed by atoms with Crippen LogP contribution in [0.15, 0.2) is 97.1 Å². The first-order valence-corrected chi connectivity index (χ1v) is 10.2. The first-order chi connectivity index (χ1) is 15.1. The number of hydrogen-bond donors (Lipinski definition) is 3. The van der Waals surface area contributed by atoms with E-state index in [1.54, 1.807) is 0 Å². The lowest BCUT2D eigenvalue weighted by Gasteiger charge is -2.21. The zero-order chi connectivity index (χ0) is 21.9. The number of amides is 2. The fraction of sp³-hybridized carbons (Fsp3) is 0.154. The number of rotatable bonds is 9. The molecule has 0 bridgehead atoms. The number of carbonyl (C=O) groups is 2. The normalized spacial score (nSPS) is 12.8. The van der Waals surface area contributed by atoms with E-state index in [0.29, 0.717) is 6.42 Å². The average Bonchev–Trinajstić information content (AvgIpc) is 2.79. The van der Waals surface area contributed by atoms with Crippen LogP contribution < -0.4 is 10.6 Å². The quantitative estimate of drug-likeness (QED) is 0.488.